The first-order chi connectivity index (χ1) is 10.5. The van der Waals surface area contributed by atoms with Crippen molar-refractivity contribution in [2.75, 3.05) is 13.2 Å². The Labute approximate surface area is 132 Å². The SMILES string of the molecule is CCNS(=O)(=O)c1cccc(C(=O)OCC2CCCCC2)c1. The van der Waals surface area contributed by atoms with Crippen molar-refractivity contribution in [3.63, 3.8) is 0 Å². The van der Waals surface area contributed by atoms with Gasteiger partial charge in [-0.3, -0.25) is 0 Å². The third-order valence-corrected chi connectivity index (χ3v) is 5.43. The second-order valence-electron chi connectivity index (χ2n) is 5.63. The summed E-state index contributed by atoms with van der Waals surface area (Å²) in [7, 11) is -3.56. The van der Waals surface area contributed by atoms with Crippen molar-refractivity contribution in [1.82, 2.24) is 4.72 Å². The zero-order valence-corrected chi connectivity index (χ0v) is 13.7. The van der Waals surface area contributed by atoms with Gasteiger partial charge in [-0.2, -0.15) is 0 Å². The molecule has 0 aromatic heterocycles. The summed E-state index contributed by atoms with van der Waals surface area (Å²) in [5.74, 6) is -0.0227. The van der Waals surface area contributed by atoms with Gasteiger partial charge in [0.05, 0.1) is 17.1 Å². The predicted molar refractivity (Wildman–Crippen MR) is 84.2 cm³/mol. The molecule has 0 heterocycles. The van der Waals surface area contributed by atoms with Crippen LogP contribution in [0.2, 0.25) is 0 Å². The summed E-state index contributed by atoms with van der Waals surface area (Å²) in [5.41, 5.74) is 0.273. The number of hydrogen-bond acceptors (Lipinski definition) is 4. The topological polar surface area (TPSA) is 72.5 Å². The summed E-state index contributed by atoms with van der Waals surface area (Å²) in [6, 6.07) is 5.96. The first-order valence-corrected chi connectivity index (χ1v) is 9.28. The number of nitrogens with one attached hydrogen (secondary N) is 1. The summed E-state index contributed by atoms with van der Waals surface area (Å²) in [5, 5.41) is 0. The molecule has 22 heavy (non-hydrogen) atoms. The zero-order chi connectivity index (χ0) is 16.0. The lowest BCUT2D eigenvalue weighted by molar-refractivity contribution is 0.0410. The number of sulfonamides is 1. The highest BCUT2D eigenvalue weighted by molar-refractivity contribution is 7.89. The standard InChI is InChI=1S/C16H23NO4S/c1-2-17-22(19,20)15-10-6-9-14(11-15)16(18)21-12-13-7-4-3-5-8-13/h6,9-11,13,17H,2-5,7-8,12H2,1H3. The minimum absolute atomic E-state index is 0.0847. The highest BCUT2D eigenvalue weighted by Crippen LogP contribution is 2.24. The molecule has 0 bridgehead atoms. The van der Waals surface area contributed by atoms with Crippen LogP contribution >= 0.6 is 0 Å². The van der Waals surface area contributed by atoms with Crippen LogP contribution < -0.4 is 4.72 Å². The number of benzene rings is 1. The summed E-state index contributed by atoms with van der Waals surface area (Å²) < 4.78 is 31.6. The fraction of sp³-hybridized carbons (Fsp3) is 0.562. The van der Waals surface area contributed by atoms with Crippen LogP contribution in [0.3, 0.4) is 0 Å². The maximum Gasteiger partial charge on any atom is 0.338 e. The quantitative estimate of drug-likeness (QED) is 0.816. The van der Waals surface area contributed by atoms with Crippen LogP contribution in [0.25, 0.3) is 0 Å². The van der Waals surface area contributed by atoms with Crippen LogP contribution in [0.15, 0.2) is 29.2 Å². The highest BCUT2D eigenvalue weighted by atomic mass is 32.2. The lowest BCUT2D eigenvalue weighted by Crippen LogP contribution is -2.23. The molecular weight excluding hydrogens is 302 g/mol. The molecule has 0 atom stereocenters. The lowest BCUT2D eigenvalue weighted by atomic mass is 9.90. The summed E-state index contributed by atoms with van der Waals surface area (Å²) in [4.78, 5) is 12.2. The van der Waals surface area contributed by atoms with Gasteiger partial charge < -0.3 is 4.74 Å². The van der Waals surface area contributed by atoms with Crippen LogP contribution in [0.1, 0.15) is 49.4 Å². The van der Waals surface area contributed by atoms with Gasteiger partial charge in [0.2, 0.25) is 10.0 Å². The number of hydrogen-bond donors (Lipinski definition) is 1. The molecule has 0 unspecified atom stereocenters. The summed E-state index contributed by atoms with van der Waals surface area (Å²) in [6.45, 7) is 2.43. The van der Waals surface area contributed by atoms with E-state index >= 15 is 0 Å². The average molecular weight is 325 g/mol. The van der Waals surface area contributed by atoms with E-state index < -0.39 is 16.0 Å². The monoisotopic (exact) mass is 325 g/mol. The van der Waals surface area contributed by atoms with E-state index in [2.05, 4.69) is 4.72 Å². The van der Waals surface area contributed by atoms with Crippen LogP contribution in [-0.2, 0) is 14.8 Å². The average Bonchev–Trinajstić information content (AvgIpc) is 2.53. The first kappa shape index (κ1) is 17.0. The molecule has 0 spiro atoms. The number of carbonyl (C=O) groups excluding carboxylic acids is 1. The molecule has 5 nitrogen and oxygen atoms in total. The molecule has 1 N–H and O–H groups in total. The lowest BCUT2D eigenvalue weighted by Gasteiger charge is -2.21. The molecule has 1 aromatic carbocycles. The van der Waals surface area contributed by atoms with E-state index in [-0.39, 0.29) is 10.5 Å². The van der Waals surface area contributed by atoms with Crippen molar-refractivity contribution in [2.45, 2.75) is 43.9 Å². The molecule has 1 aliphatic rings. The van der Waals surface area contributed by atoms with Crippen LogP contribution in [0.4, 0.5) is 0 Å². The van der Waals surface area contributed by atoms with E-state index in [0.29, 0.717) is 19.1 Å². The van der Waals surface area contributed by atoms with Crippen molar-refractivity contribution < 1.29 is 17.9 Å². The van der Waals surface area contributed by atoms with Gasteiger partial charge in [-0.25, -0.2) is 17.9 Å². The van der Waals surface area contributed by atoms with E-state index in [4.69, 9.17) is 4.74 Å². The molecule has 2 rings (SSSR count). The fourth-order valence-electron chi connectivity index (χ4n) is 2.69. The van der Waals surface area contributed by atoms with Gasteiger partial charge in [-0.05, 0) is 37.0 Å². The Morgan fingerprint density at radius 2 is 2.00 bits per heavy atom. The van der Waals surface area contributed by atoms with E-state index in [9.17, 15) is 13.2 Å². The minimum Gasteiger partial charge on any atom is -0.462 e. The molecule has 122 valence electrons. The van der Waals surface area contributed by atoms with Crippen molar-refractivity contribution in [3.05, 3.63) is 29.8 Å². The minimum atomic E-state index is -3.56. The second kappa shape index (κ2) is 7.74. The molecule has 0 saturated heterocycles. The number of carbonyl (C=O) groups is 1. The van der Waals surface area contributed by atoms with Gasteiger partial charge in [0.25, 0.3) is 0 Å². The Balaban J connectivity index is 2.00. The highest BCUT2D eigenvalue weighted by Gasteiger charge is 2.18. The van der Waals surface area contributed by atoms with Crippen molar-refractivity contribution in [3.8, 4) is 0 Å². The number of esters is 1. The largest absolute Gasteiger partial charge is 0.462 e. The molecular formula is C16H23NO4S. The maximum absolute atomic E-state index is 12.1. The third kappa shape index (κ3) is 4.55. The van der Waals surface area contributed by atoms with E-state index in [0.717, 1.165) is 12.8 Å². The first-order valence-electron chi connectivity index (χ1n) is 7.80. The second-order valence-corrected chi connectivity index (χ2v) is 7.40. The molecule has 1 saturated carbocycles. The van der Waals surface area contributed by atoms with Gasteiger partial charge in [-0.1, -0.05) is 32.3 Å². The maximum atomic E-state index is 12.1. The predicted octanol–water partition coefficient (Wildman–Crippen LogP) is 2.72. The zero-order valence-electron chi connectivity index (χ0n) is 12.9. The van der Waals surface area contributed by atoms with Gasteiger partial charge in [-0.15, -0.1) is 0 Å². The molecule has 1 fully saturated rings. The smallest absolute Gasteiger partial charge is 0.338 e. The van der Waals surface area contributed by atoms with Crippen LogP contribution in [0.5, 0.6) is 0 Å². The molecule has 0 radical (unpaired) electrons. The van der Waals surface area contributed by atoms with Crippen molar-refractivity contribution in [2.24, 2.45) is 5.92 Å². The van der Waals surface area contributed by atoms with Gasteiger partial charge in [0, 0.05) is 6.54 Å². The molecule has 1 aliphatic carbocycles. The molecule has 1 aromatic rings. The Kier molecular flexibility index (Phi) is 5.97. The van der Waals surface area contributed by atoms with Gasteiger partial charge >= 0.3 is 5.97 Å². The third-order valence-electron chi connectivity index (χ3n) is 3.89. The van der Waals surface area contributed by atoms with Gasteiger partial charge in [0.1, 0.15) is 0 Å². The number of rotatable bonds is 6. The Bertz CT molecular complexity index is 606. The number of ether oxygens (including phenoxy) is 1. The van der Waals surface area contributed by atoms with E-state index in [1.165, 1.54) is 31.4 Å². The fourth-order valence-corrected chi connectivity index (χ4v) is 3.78. The van der Waals surface area contributed by atoms with Gasteiger partial charge in [0.15, 0.2) is 0 Å². The Morgan fingerprint density at radius 1 is 1.27 bits per heavy atom. The van der Waals surface area contributed by atoms with Crippen LogP contribution in [0, 0.1) is 5.92 Å². The van der Waals surface area contributed by atoms with E-state index in [1.807, 2.05) is 0 Å². The molecule has 0 amide bonds. The Hall–Kier alpha value is -1.40. The van der Waals surface area contributed by atoms with Crippen molar-refractivity contribution in [1.29, 1.82) is 0 Å². The summed E-state index contributed by atoms with van der Waals surface area (Å²) in [6.07, 6.45) is 5.84. The molecule has 6 heteroatoms. The normalized spacial score (nSPS) is 16.4. The van der Waals surface area contributed by atoms with Crippen LogP contribution in [-0.4, -0.2) is 27.5 Å². The molecule has 0 aliphatic heterocycles. The van der Waals surface area contributed by atoms with Crippen molar-refractivity contribution >= 4 is 16.0 Å². The van der Waals surface area contributed by atoms with E-state index in [1.54, 1.807) is 19.1 Å². The Morgan fingerprint density at radius 3 is 2.68 bits per heavy atom. The summed E-state index contributed by atoms with van der Waals surface area (Å²) >= 11 is 0.